The lowest BCUT2D eigenvalue weighted by molar-refractivity contribution is 0.0883. The number of aromatic nitrogens is 1. The first-order valence-corrected chi connectivity index (χ1v) is 13.9. The molecule has 35 heavy (non-hydrogen) atoms. The SMILES string of the molecule is CCS(=O)(=O)c1ccc2oc(=S)n(CN3CCN(C(c4ccccc4)c4ccccc4)CC3)c2c1. The maximum absolute atomic E-state index is 12.4. The van der Waals surface area contributed by atoms with Gasteiger partial charge in [-0.2, -0.15) is 0 Å². The van der Waals surface area contributed by atoms with E-state index in [0.717, 1.165) is 31.7 Å². The molecule has 0 atom stereocenters. The number of hydrogen-bond acceptors (Lipinski definition) is 6. The molecule has 4 aromatic rings. The van der Waals surface area contributed by atoms with Crippen molar-refractivity contribution in [2.24, 2.45) is 0 Å². The number of nitrogens with zero attached hydrogens (tertiary/aromatic N) is 3. The minimum Gasteiger partial charge on any atom is -0.429 e. The second kappa shape index (κ2) is 10.1. The molecule has 0 spiro atoms. The van der Waals surface area contributed by atoms with Crippen LogP contribution in [0.3, 0.4) is 0 Å². The third kappa shape index (κ3) is 4.97. The Morgan fingerprint density at radius 2 is 1.49 bits per heavy atom. The van der Waals surface area contributed by atoms with Crippen molar-refractivity contribution in [3.05, 3.63) is 94.8 Å². The van der Waals surface area contributed by atoms with Crippen LogP contribution in [0.25, 0.3) is 11.1 Å². The Morgan fingerprint density at radius 1 is 0.886 bits per heavy atom. The van der Waals surface area contributed by atoms with Crippen LogP contribution < -0.4 is 0 Å². The minimum absolute atomic E-state index is 0.0586. The summed E-state index contributed by atoms with van der Waals surface area (Å²) < 4.78 is 32.5. The average Bonchev–Trinajstić information content (AvgIpc) is 3.20. The molecule has 1 fully saturated rings. The van der Waals surface area contributed by atoms with E-state index < -0.39 is 9.84 Å². The van der Waals surface area contributed by atoms with E-state index >= 15 is 0 Å². The van der Waals surface area contributed by atoms with Gasteiger partial charge in [-0.3, -0.25) is 14.4 Å². The first-order chi connectivity index (χ1) is 17.0. The molecular weight excluding hydrogens is 478 g/mol. The zero-order valence-corrected chi connectivity index (χ0v) is 21.3. The Balaban J connectivity index is 1.36. The normalized spacial score (nSPS) is 15.7. The fourth-order valence-corrected chi connectivity index (χ4v) is 5.93. The van der Waals surface area contributed by atoms with Crippen LogP contribution in [0.2, 0.25) is 0 Å². The van der Waals surface area contributed by atoms with Crippen LogP contribution in [0.4, 0.5) is 0 Å². The largest absolute Gasteiger partial charge is 0.429 e. The van der Waals surface area contributed by atoms with Crippen molar-refractivity contribution in [3.63, 3.8) is 0 Å². The zero-order valence-electron chi connectivity index (χ0n) is 19.7. The summed E-state index contributed by atoms with van der Waals surface area (Å²) in [5, 5.41) is 0. The zero-order chi connectivity index (χ0) is 24.4. The molecule has 5 rings (SSSR count). The number of fused-ring (bicyclic) bond motifs is 1. The second-order valence-electron chi connectivity index (χ2n) is 8.85. The van der Waals surface area contributed by atoms with Gasteiger partial charge in [0.25, 0.3) is 4.84 Å². The average molecular weight is 508 g/mol. The minimum atomic E-state index is -3.31. The van der Waals surface area contributed by atoms with Crippen LogP contribution in [-0.2, 0) is 16.5 Å². The molecule has 0 saturated carbocycles. The van der Waals surface area contributed by atoms with Crippen LogP contribution in [0.5, 0.6) is 0 Å². The highest BCUT2D eigenvalue weighted by atomic mass is 32.2. The van der Waals surface area contributed by atoms with Crippen molar-refractivity contribution in [1.29, 1.82) is 0 Å². The first kappa shape index (κ1) is 23.9. The van der Waals surface area contributed by atoms with Gasteiger partial charge in [-0.15, -0.1) is 0 Å². The van der Waals surface area contributed by atoms with Gasteiger partial charge in [-0.1, -0.05) is 67.6 Å². The van der Waals surface area contributed by atoms with Gasteiger partial charge in [0.15, 0.2) is 15.4 Å². The van der Waals surface area contributed by atoms with E-state index in [1.165, 1.54) is 11.1 Å². The number of sulfone groups is 1. The van der Waals surface area contributed by atoms with E-state index in [-0.39, 0.29) is 11.8 Å². The van der Waals surface area contributed by atoms with Crippen LogP contribution in [0, 0.1) is 4.84 Å². The van der Waals surface area contributed by atoms with E-state index in [4.69, 9.17) is 16.6 Å². The second-order valence-corrected chi connectivity index (χ2v) is 11.5. The third-order valence-corrected chi connectivity index (χ3v) is 8.76. The molecule has 0 N–H and O–H groups in total. The quantitative estimate of drug-likeness (QED) is 0.324. The van der Waals surface area contributed by atoms with Gasteiger partial charge in [0.2, 0.25) is 0 Å². The van der Waals surface area contributed by atoms with Crippen molar-refractivity contribution in [2.45, 2.75) is 24.5 Å². The van der Waals surface area contributed by atoms with Crippen molar-refractivity contribution in [3.8, 4) is 0 Å². The van der Waals surface area contributed by atoms with Crippen LogP contribution in [0.15, 0.2) is 88.2 Å². The summed E-state index contributed by atoms with van der Waals surface area (Å²) in [5.74, 6) is 0.0586. The van der Waals surface area contributed by atoms with Gasteiger partial charge in [0.1, 0.15) is 0 Å². The van der Waals surface area contributed by atoms with Crippen molar-refractivity contribution >= 4 is 33.2 Å². The molecule has 0 unspecified atom stereocenters. The van der Waals surface area contributed by atoms with Gasteiger partial charge < -0.3 is 4.42 Å². The van der Waals surface area contributed by atoms with Gasteiger partial charge >= 0.3 is 0 Å². The molecule has 182 valence electrons. The number of hydrogen-bond donors (Lipinski definition) is 0. The highest BCUT2D eigenvalue weighted by molar-refractivity contribution is 7.91. The fourth-order valence-electron chi connectivity index (χ4n) is 4.78. The number of benzene rings is 3. The Hall–Kier alpha value is -2.78. The monoisotopic (exact) mass is 507 g/mol. The van der Waals surface area contributed by atoms with Crippen molar-refractivity contribution in [2.75, 3.05) is 31.9 Å². The lowest BCUT2D eigenvalue weighted by Crippen LogP contribution is -2.48. The standard InChI is InChI=1S/C27H29N3O3S2/c1-2-35(31,32)23-13-14-25-24(19-23)30(27(34)33-25)20-28-15-17-29(18-16-28)26(21-9-5-3-6-10-21)22-11-7-4-8-12-22/h3-14,19,26H,2,15-18,20H2,1H3. The van der Waals surface area contributed by atoms with Gasteiger partial charge in [0, 0.05) is 26.2 Å². The van der Waals surface area contributed by atoms with Crippen LogP contribution in [-0.4, -0.2) is 54.7 Å². The molecule has 0 aliphatic carbocycles. The summed E-state index contributed by atoms with van der Waals surface area (Å²) in [6, 6.07) is 26.5. The van der Waals surface area contributed by atoms with E-state index in [2.05, 4.69) is 70.5 Å². The number of rotatable bonds is 7. The maximum atomic E-state index is 12.4. The molecule has 1 aromatic heterocycles. The lowest BCUT2D eigenvalue weighted by Gasteiger charge is -2.39. The van der Waals surface area contributed by atoms with Crippen molar-refractivity contribution in [1.82, 2.24) is 14.4 Å². The summed E-state index contributed by atoms with van der Waals surface area (Å²) in [7, 11) is -3.31. The van der Waals surface area contributed by atoms with E-state index in [1.807, 2.05) is 4.57 Å². The molecule has 1 aliphatic heterocycles. The van der Waals surface area contributed by atoms with Crippen molar-refractivity contribution < 1.29 is 12.8 Å². The van der Waals surface area contributed by atoms with E-state index in [0.29, 0.717) is 22.0 Å². The molecule has 2 heterocycles. The third-order valence-electron chi connectivity index (χ3n) is 6.72. The number of piperazine rings is 1. The molecule has 1 saturated heterocycles. The Kier molecular flexibility index (Phi) is 6.88. The Labute approximate surface area is 211 Å². The molecular formula is C27H29N3O3S2. The maximum Gasteiger partial charge on any atom is 0.270 e. The molecule has 3 aromatic carbocycles. The van der Waals surface area contributed by atoms with Crippen LogP contribution in [0.1, 0.15) is 24.1 Å². The number of oxazole rings is 1. The summed E-state index contributed by atoms with van der Waals surface area (Å²) in [6.07, 6.45) is 0. The first-order valence-electron chi connectivity index (χ1n) is 11.9. The molecule has 0 amide bonds. The predicted molar refractivity (Wildman–Crippen MR) is 141 cm³/mol. The van der Waals surface area contributed by atoms with Gasteiger partial charge in [-0.05, 0) is 41.5 Å². The summed E-state index contributed by atoms with van der Waals surface area (Å²) in [4.78, 5) is 5.53. The van der Waals surface area contributed by atoms with E-state index in [1.54, 1.807) is 25.1 Å². The highest BCUT2D eigenvalue weighted by Crippen LogP contribution is 2.30. The molecule has 1 aliphatic rings. The molecule has 6 nitrogen and oxygen atoms in total. The fraction of sp³-hybridized carbons (Fsp3) is 0.296. The van der Waals surface area contributed by atoms with Gasteiger partial charge in [-0.25, -0.2) is 8.42 Å². The Morgan fingerprint density at radius 3 is 2.06 bits per heavy atom. The van der Waals surface area contributed by atoms with E-state index in [9.17, 15) is 8.42 Å². The van der Waals surface area contributed by atoms with Crippen LogP contribution >= 0.6 is 12.2 Å². The molecule has 8 heteroatoms. The summed E-state index contributed by atoms with van der Waals surface area (Å²) in [5.41, 5.74) is 3.91. The van der Waals surface area contributed by atoms with Gasteiger partial charge in [0.05, 0.1) is 28.9 Å². The molecule has 0 radical (unpaired) electrons. The highest BCUT2D eigenvalue weighted by Gasteiger charge is 2.27. The predicted octanol–water partition coefficient (Wildman–Crippen LogP) is 5.12. The smallest absolute Gasteiger partial charge is 0.270 e. The Bertz CT molecular complexity index is 1420. The lowest BCUT2D eigenvalue weighted by atomic mass is 9.96. The topological polar surface area (TPSA) is 58.7 Å². The summed E-state index contributed by atoms with van der Waals surface area (Å²) >= 11 is 5.49. The summed E-state index contributed by atoms with van der Waals surface area (Å²) in [6.45, 7) is 5.78. The molecule has 0 bridgehead atoms.